The maximum Gasteiger partial charge on any atom is 0.331 e. The third-order valence-electron chi connectivity index (χ3n) is 3.15. The molecule has 0 aliphatic carbocycles. The molecule has 0 spiro atoms. The zero-order chi connectivity index (χ0) is 17.8. The van der Waals surface area contributed by atoms with E-state index in [1.165, 1.54) is 19.2 Å². The molecule has 0 atom stereocenters. The van der Waals surface area contributed by atoms with Gasteiger partial charge < -0.3 is 14.4 Å². The fraction of sp³-hybridized carbons (Fsp3) is 0.0588. The van der Waals surface area contributed by atoms with Gasteiger partial charge in [-0.3, -0.25) is 4.98 Å². The SMILES string of the molecule is CC(=Cc1nc(-c2ccc(Oc3cncc(Cl)c3)cc2)no1)C(=O)O. The van der Waals surface area contributed by atoms with Crippen molar-refractivity contribution in [2.45, 2.75) is 6.92 Å². The van der Waals surface area contributed by atoms with E-state index >= 15 is 0 Å². The molecule has 7 nitrogen and oxygen atoms in total. The van der Waals surface area contributed by atoms with E-state index in [4.69, 9.17) is 26.0 Å². The summed E-state index contributed by atoms with van der Waals surface area (Å²) >= 11 is 5.86. The highest BCUT2D eigenvalue weighted by Gasteiger charge is 2.09. The van der Waals surface area contributed by atoms with Gasteiger partial charge >= 0.3 is 5.97 Å². The molecule has 0 unspecified atom stereocenters. The van der Waals surface area contributed by atoms with Crippen LogP contribution < -0.4 is 4.74 Å². The first-order valence-electron chi connectivity index (χ1n) is 7.15. The molecular weight excluding hydrogens is 346 g/mol. The minimum absolute atomic E-state index is 0.106. The largest absolute Gasteiger partial charge is 0.478 e. The van der Waals surface area contributed by atoms with E-state index in [1.807, 2.05) is 0 Å². The van der Waals surface area contributed by atoms with Gasteiger partial charge in [0.05, 0.1) is 11.2 Å². The van der Waals surface area contributed by atoms with Crippen LogP contribution in [-0.2, 0) is 4.79 Å². The number of carbonyl (C=O) groups is 1. The van der Waals surface area contributed by atoms with Gasteiger partial charge in [0.25, 0.3) is 5.89 Å². The summed E-state index contributed by atoms with van der Waals surface area (Å²) in [5.74, 6) is 0.548. The second-order valence-electron chi connectivity index (χ2n) is 5.05. The van der Waals surface area contributed by atoms with Crippen molar-refractivity contribution in [1.82, 2.24) is 15.1 Å². The van der Waals surface area contributed by atoms with Crippen molar-refractivity contribution in [3.8, 4) is 22.9 Å². The van der Waals surface area contributed by atoms with Gasteiger partial charge in [0.15, 0.2) is 0 Å². The van der Waals surface area contributed by atoms with Crippen LogP contribution in [0.5, 0.6) is 11.5 Å². The van der Waals surface area contributed by atoms with Crippen molar-refractivity contribution in [3.63, 3.8) is 0 Å². The third-order valence-corrected chi connectivity index (χ3v) is 3.35. The summed E-state index contributed by atoms with van der Waals surface area (Å²) < 4.78 is 10.7. The van der Waals surface area contributed by atoms with E-state index in [0.29, 0.717) is 27.9 Å². The van der Waals surface area contributed by atoms with Crippen LogP contribution in [0.4, 0.5) is 0 Å². The molecule has 0 bridgehead atoms. The molecule has 0 aliphatic rings. The summed E-state index contributed by atoms with van der Waals surface area (Å²) in [5.41, 5.74) is 0.807. The second-order valence-corrected chi connectivity index (χ2v) is 5.49. The number of hydrogen-bond acceptors (Lipinski definition) is 6. The molecule has 1 N–H and O–H groups in total. The van der Waals surface area contributed by atoms with Crippen LogP contribution in [0.1, 0.15) is 12.8 Å². The molecular formula is C17H12ClN3O4. The lowest BCUT2D eigenvalue weighted by Gasteiger charge is -2.05. The average Bonchev–Trinajstić information content (AvgIpc) is 3.04. The van der Waals surface area contributed by atoms with Crippen molar-refractivity contribution in [2.75, 3.05) is 0 Å². The third kappa shape index (κ3) is 4.21. The number of ether oxygens (including phenoxy) is 1. The molecule has 0 aliphatic heterocycles. The summed E-state index contributed by atoms with van der Waals surface area (Å²) in [7, 11) is 0. The predicted octanol–water partition coefficient (Wildman–Crippen LogP) is 4.07. The number of pyridine rings is 1. The van der Waals surface area contributed by atoms with Crippen molar-refractivity contribution in [1.29, 1.82) is 0 Å². The van der Waals surface area contributed by atoms with Gasteiger partial charge in [-0.1, -0.05) is 16.8 Å². The van der Waals surface area contributed by atoms with Crippen molar-refractivity contribution < 1.29 is 19.2 Å². The Hall–Kier alpha value is -3.19. The van der Waals surface area contributed by atoms with Crippen LogP contribution in [0, 0.1) is 0 Å². The zero-order valence-corrected chi connectivity index (χ0v) is 13.8. The number of aliphatic carboxylic acids is 1. The van der Waals surface area contributed by atoms with Crippen LogP contribution in [-0.4, -0.2) is 26.2 Å². The highest BCUT2D eigenvalue weighted by atomic mass is 35.5. The first-order valence-corrected chi connectivity index (χ1v) is 7.53. The van der Waals surface area contributed by atoms with Crippen LogP contribution in [0.25, 0.3) is 17.5 Å². The Balaban J connectivity index is 1.75. The smallest absolute Gasteiger partial charge is 0.331 e. The molecule has 0 radical (unpaired) electrons. The molecule has 3 aromatic rings. The Kier molecular flexibility index (Phi) is 4.76. The fourth-order valence-electron chi connectivity index (χ4n) is 1.91. The lowest BCUT2D eigenvalue weighted by atomic mass is 10.2. The number of halogens is 1. The molecule has 3 rings (SSSR count). The van der Waals surface area contributed by atoms with Gasteiger partial charge in [0.1, 0.15) is 11.5 Å². The Labute approximate surface area is 147 Å². The zero-order valence-electron chi connectivity index (χ0n) is 13.0. The quantitative estimate of drug-likeness (QED) is 0.687. The summed E-state index contributed by atoms with van der Waals surface area (Å²) in [6.07, 6.45) is 4.39. The van der Waals surface area contributed by atoms with E-state index in [-0.39, 0.29) is 11.5 Å². The number of aromatic nitrogens is 3. The van der Waals surface area contributed by atoms with Gasteiger partial charge in [-0.05, 0) is 31.2 Å². The average molecular weight is 358 g/mol. The second kappa shape index (κ2) is 7.14. The number of hydrogen-bond donors (Lipinski definition) is 1. The predicted molar refractivity (Wildman–Crippen MR) is 90.3 cm³/mol. The number of carboxylic acid groups (broad SMARTS) is 1. The highest BCUT2D eigenvalue weighted by Crippen LogP contribution is 2.25. The molecule has 25 heavy (non-hydrogen) atoms. The van der Waals surface area contributed by atoms with Crippen LogP contribution in [0.15, 0.2) is 52.8 Å². The first kappa shape index (κ1) is 16.7. The van der Waals surface area contributed by atoms with Gasteiger partial charge in [-0.25, -0.2) is 4.79 Å². The molecule has 0 saturated heterocycles. The van der Waals surface area contributed by atoms with Crippen molar-refractivity contribution in [3.05, 3.63) is 59.2 Å². The summed E-state index contributed by atoms with van der Waals surface area (Å²) in [6.45, 7) is 1.45. The normalized spacial score (nSPS) is 11.4. The van der Waals surface area contributed by atoms with Gasteiger partial charge in [0, 0.05) is 29.5 Å². The standard InChI is InChI=1S/C17H12ClN3O4/c1-10(17(22)23)6-15-20-16(21-25-15)11-2-4-13(5-3-11)24-14-7-12(18)8-19-9-14/h2-9H,1H3,(H,22,23). The van der Waals surface area contributed by atoms with E-state index in [2.05, 4.69) is 15.1 Å². The van der Waals surface area contributed by atoms with E-state index in [9.17, 15) is 4.79 Å². The van der Waals surface area contributed by atoms with Gasteiger partial charge in [0.2, 0.25) is 5.82 Å². The van der Waals surface area contributed by atoms with Gasteiger partial charge in [-0.15, -0.1) is 0 Å². The van der Waals surface area contributed by atoms with E-state index in [0.717, 1.165) is 0 Å². The lowest BCUT2D eigenvalue weighted by Crippen LogP contribution is -1.95. The van der Waals surface area contributed by atoms with Gasteiger partial charge in [-0.2, -0.15) is 4.98 Å². The number of carboxylic acids is 1. The summed E-state index contributed by atoms with van der Waals surface area (Å²) in [4.78, 5) is 18.9. The van der Waals surface area contributed by atoms with E-state index in [1.54, 1.807) is 36.5 Å². The molecule has 2 aromatic heterocycles. The maximum absolute atomic E-state index is 10.8. The van der Waals surface area contributed by atoms with Crippen LogP contribution >= 0.6 is 11.6 Å². The molecule has 2 heterocycles. The monoisotopic (exact) mass is 357 g/mol. The van der Waals surface area contributed by atoms with Crippen molar-refractivity contribution in [2.24, 2.45) is 0 Å². The molecule has 8 heteroatoms. The van der Waals surface area contributed by atoms with Crippen molar-refractivity contribution >= 4 is 23.6 Å². The van der Waals surface area contributed by atoms with Crippen LogP contribution in [0.2, 0.25) is 5.02 Å². The molecule has 126 valence electrons. The van der Waals surface area contributed by atoms with Crippen LogP contribution in [0.3, 0.4) is 0 Å². The topological polar surface area (TPSA) is 98.3 Å². The molecule has 0 fully saturated rings. The number of rotatable bonds is 5. The fourth-order valence-corrected chi connectivity index (χ4v) is 2.08. The molecule has 0 amide bonds. The number of nitrogens with zero attached hydrogens (tertiary/aromatic N) is 3. The summed E-state index contributed by atoms with van der Waals surface area (Å²) in [5, 5.41) is 13.2. The minimum Gasteiger partial charge on any atom is -0.478 e. The lowest BCUT2D eigenvalue weighted by molar-refractivity contribution is -0.132. The number of benzene rings is 1. The Bertz CT molecular complexity index is 935. The minimum atomic E-state index is -1.04. The summed E-state index contributed by atoms with van der Waals surface area (Å²) in [6, 6.07) is 8.66. The molecule has 0 saturated carbocycles. The first-order chi connectivity index (χ1) is 12.0. The Morgan fingerprint density at radius 1 is 1.24 bits per heavy atom. The Morgan fingerprint density at radius 3 is 2.68 bits per heavy atom. The molecule has 1 aromatic carbocycles. The highest BCUT2D eigenvalue weighted by molar-refractivity contribution is 6.30. The maximum atomic E-state index is 10.8. The Morgan fingerprint density at radius 2 is 2.00 bits per heavy atom. The van der Waals surface area contributed by atoms with E-state index < -0.39 is 5.97 Å².